The van der Waals surface area contributed by atoms with Crippen LogP contribution in [0.25, 0.3) is 11.3 Å². The number of nitro groups is 1. The van der Waals surface area contributed by atoms with Crippen LogP contribution in [-0.2, 0) is 0 Å². The summed E-state index contributed by atoms with van der Waals surface area (Å²) in [5.74, 6) is 0. The quantitative estimate of drug-likeness (QED) is 0.371. The Hall–Kier alpha value is -3.26. The predicted molar refractivity (Wildman–Crippen MR) is 113 cm³/mol. The highest BCUT2D eigenvalue weighted by Gasteiger charge is 2.17. The molecule has 8 heteroatoms. The largest absolute Gasteiger partial charge is 0.371 e. The Labute approximate surface area is 166 Å². The lowest BCUT2D eigenvalue weighted by atomic mass is 10.1. The van der Waals surface area contributed by atoms with Crippen LogP contribution < -0.4 is 10.3 Å². The van der Waals surface area contributed by atoms with Gasteiger partial charge in [0.1, 0.15) is 0 Å². The molecule has 2 heterocycles. The number of thiazole rings is 1. The average molecular weight is 393 g/mol. The molecule has 0 radical (unpaired) electrons. The lowest BCUT2D eigenvalue weighted by Gasteiger charge is -2.19. The molecule has 1 fully saturated rings. The Morgan fingerprint density at radius 3 is 2.71 bits per heavy atom. The predicted octanol–water partition coefficient (Wildman–Crippen LogP) is 4.76. The van der Waals surface area contributed by atoms with Crippen molar-refractivity contribution in [3.63, 3.8) is 0 Å². The van der Waals surface area contributed by atoms with E-state index in [1.54, 1.807) is 18.3 Å². The Bertz CT molecular complexity index is 997. The van der Waals surface area contributed by atoms with Gasteiger partial charge in [-0.1, -0.05) is 30.3 Å². The number of hydrogen-bond donors (Lipinski definition) is 1. The minimum absolute atomic E-state index is 0.0602. The SMILES string of the molecule is O=[N+]([O-])c1ccc(N2CCCC2)c(C=NNc2nc(-c3ccccc3)cs2)c1. The first-order valence-corrected chi connectivity index (χ1v) is 9.92. The zero-order valence-electron chi connectivity index (χ0n) is 15.1. The maximum atomic E-state index is 11.1. The van der Waals surface area contributed by atoms with Gasteiger partial charge in [-0.2, -0.15) is 5.10 Å². The number of aromatic nitrogens is 1. The van der Waals surface area contributed by atoms with Crippen molar-refractivity contribution in [2.24, 2.45) is 5.10 Å². The Morgan fingerprint density at radius 1 is 1.18 bits per heavy atom. The molecule has 0 atom stereocenters. The summed E-state index contributed by atoms with van der Waals surface area (Å²) in [6.07, 6.45) is 3.89. The second-order valence-electron chi connectivity index (χ2n) is 6.47. The Balaban J connectivity index is 1.53. The van der Waals surface area contributed by atoms with E-state index in [1.807, 2.05) is 41.8 Å². The van der Waals surface area contributed by atoms with Crippen LogP contribution in [0.15, 0.2) is 59.0 Å². The second-order valence-corrected chi connectivity index (χ2v) is 7.33. The van der Waals surface area contributed by atoms with Crippen LogP contribution in [0, 0.1) is 10.1 Å². The summed E-state index contributed by atoms with van der Waals surface area (Å²) >= 11 is 1.46. The zero-order valence-corrected chi connectivity index (χ0v) is 15.9. The summed E-state index contributed by atoms with van der Waals surface area (Å²) in [6.45, 7) is 1.91. The molecule has 7 nitrogen and oxygen atoms in total. The van der Waals surface area contributed by atoms with Gasteiger partial charge in [0.2, 0.25) is 5.13 Å². The van der Waals surface area contributed by atoms with Gasteiger partial charge in [0.15, 0.2) is 0 Å². The van der Waals surface area contributed by atoms with Crippen molar-refractivity contribution in [1.82, 2.24) is 4.98 Å². The maximum absolute atomic E-state index is 11.1. The third-order valence-electron chi connectivity index (χ3n) is 4.61. The minimum Gasteiger partial charge on any atom is -0.371 e. The van der Waals surface area contributed by atoms with Crippen molar-refractivity contribution < 1.29 is 4.92 Å². The highest BCUT2D eigenvalue weighted by molar-refractivity contribution is 7.14. The normalized spacial score (nSPS) is 13.9. The fourth-order valence-corrected chi connectivity index (χ4v) is 3.90. The van der Waals surface area contributed by atoms with Gasteiger partial charge in [-0.3, -0.25) is 15.5 Å². The van der Waals surface area contributed by atoms with Crippen LogP contribution in [0.1, 0.15) is 18.4 Å². The number of non-ortho nitro benzene ring substituents is 1. The van der Waals surface area contributed by atoms with Crippen molar-refractivity contribution >= 4 is 34.1 Å². The Kier molecular flexibility index (Phi) is 5.29. The molecule has 142 valence electrons. The summed E-state index contributed by atoms with van der Waals surface area (Å²) in [5.41, 5.74) is 6.63. The molecule has 0 spiro atoms. The first-order valence-electron chi connectivity index (χ1n) is 9.04. The maximum Gasteiger partial charge on any atom is 0.270 e. The smallest absolute Gasteiger partial charge is 0.270 e. The molecule has 28 heavy (non-hydrogen) atoms. The summed E-state index contributed by atoms with van der Waals surface area (Å²) in [6, 6.07) is 14.9. The lowest BCUT2D eigenvalue weighted by molar-refractivity contribution is -0.384. The van der Waals surface area contributed by atoms with E-state index in [4.69, 9.17) is 0 Å². The first-order chi connectivity index (χ1) is 13.7. The minimum atomic E-state index is -0.383. The molecule has 1 aliphatic heterocycles. The zero-order chi connectivity index (χ0) is 19.3. The van der Waals surface area contributed by atoms with Crippen molar-refractivity contribution in [1.29, 1.82) is 0 Å². The van der Waals surface area contributed by atoms with E-state index < -0.39 is 0 Å². The van der Waals surface area contributed by atoms with Gasteiger partial charge in [0.25, 0.3) is 5.69 Å². The molecule has 0 bridgehead atoms. The van der Waals surface area contributed by atoms with Crippen LogP contribution in [0.3, 0.4) is 0 Å². The molecular formula is C20H19N5O2S. The molecule has 0 amide bonds. The number of hydrazone groups is 1. The number of nitrogens with one attached hydrogen (secondary N) is 1. The molecule has 2 aromatic carbocycles. The molecule has 1 saturated heterocycles. The van der Waals surface area contributed by atoms with Gasteiger partial charge in [-0.15, -0.1) is 11.3 Å². The van der Waals surface area contributed by atoms with Gasteiger partial charge in [0, 0.05) is 47.4 Å². The van der Waals surface area contributed by atoms with Crippen molar-refractivity contribution in [2.45, 2.75) is 12.8 Å². The molecule has 3 aromatic rings. The molecule has 1 aliphatic rings. The number of nitro benzene ring substituents is 1. The highest BCUT2D eigenvalue weighted by atomic mass is 32.1. The van der Waals surface area contributed by atoms with Crippen LogP contribution in [0.4, 0.5) is 16.5 Å². The standard InChI is InChI=1S/C20H19N5O2S/c26-25(27)17-8-9-19(24-10-4-5-11-24)16(12-17)13-21-23-20-22-18(14-28-20)15-6-2-1-3-7-15/h1-3,6-9,12-14H,4-5,10-11H2,(H,22,23). The molecule has 1 N–H and O–H groups in total. The number of nitrogens with zero attached hydrogens (tertiary/aromatic N) is 4. The lowest BCUT2D eigenvalue weighted by Crippen LogP contribution is -2.19. The molecule has 0 unspecified atom stereocenters. The van der Waals surface area contributed by atoms with Crippen LogP contribution >= 0.6 is 11.3 Å². The van der Waals surface area contributed by atoms with E-state index in [0.717, 1.165) is 48.4 Å². The average Bonchev–Trinajstić information content (AvgIpc) is 3.41. The molecule has 4 rings (SSSR count). The third-order valence-corrected chi connectivity index (χ3v) is 5.35. The molecule has 0 saturated carbocycles. The molecule has 1 aromatic heterocycles. The van der Waals surface area contributed by atoms with Gasteiger partial charge in [0.05, 0.1) is 16.8 Å². The van der Waals surface area contributed by atoms with Crippen LogP contribution in [0.5, 0.6) is 0 Å². The van der Waals surface area contributed by atoms with Gasteiger partial charge < -0.3 is 4.90 Å². The number of hydrogen-bond acceptors (Lipinski definition) is 7. The van der Waals surface area contributed by atoms with Crippen molar-refractivity contribution in [2.75, 3.05) is 23.4 Å². The number of anilines is 2. The summed E-state index contributed by atoms with van der Waals surface area (Å²) in [7, 11) is 0. The van der Waals surface area contributed by atoms with Gasteiger partial charge in [-0.25, -0.2) is 4.98 Å². The summed E-state index contributed by atoms with van der Waals surface area (Å²) in [5, 5.41) is 18.1. The molecule has 0 aliphatic carbocycles. The fraction of sp³-hybridized carbons (Fsp3) is 0.200. The van der Waals surface area contributed by atoms with E-state index in [0.29, 0.717) is 5.13 Å². The van der Waals surface area contributed by atoms with Crippen LogP contribution in [-0.4, -0.2) is 29.2 Å². The van der Waals surface area contributed by atoms with E-state index in [1.165, 1.54) is 11.3 Å². The van der Waals surface area contributed by atoms with E-state index in [9.17, 15) is 10.1 Å². The number of benzene rings is 2. The number of rotatable bonds is 6. The monoisotopic (exact) mass is 393 g/mol. The summed E-state index contributed by atoms with van der Waals surface area (Å²) in [4.78, 5) is 17.5. The Morgan fingerprint density at radius 2 is 1.96 bits per heavy atom. The third kappa shape index (κ3) is 4.01. The fourth-order valence-electron chi connectivity index (χ4n) is 3.23. The summed E-state index contributed by atoms with van der Waals surface area (Å²) < 4.78 is 0. The highest BCUT2D eigenvalue weighted by Crippen LogP contribution is 2.28. The van der Waals surface area contributed by atoms with Crippen LogP contribution in [0.2, 0.25) is 0 Å². The van der Waals surface area contributed by atoms with E-state index >= 15 is 0 Å². The molecular weight excluding hydrogens is 374 g/mol. The first kappa shape index (κ1) is 18.1. The second kappa shape index (κ2) is 8.18. The topological polar surface area (TPSA) is 83.7 Å². The van der Waals surface area contributed by atoms with Gasteiger partial charge in [-0.05, 0) is 18.9 Å². The van der Waals surface area contributed by atoms with E-state index in [2.05, 4.69) is 20.4 Å². The van der Waals surface area contributed by atoms with Gasteiger partial charge >= 0.3 is 0 Å². The van der Waals surface area contributed by atoms with Crippen molar-refractivity contribution in [3.05, 3.63) is 69.6 Å². The van der Waals surface area contributed by atoms with E-state index in [-0.39, 0.29) is 10.6 Å². The van der Waals surface area contributed by atoms with Crippen molar-refractivity contribution in [3.8, 4) is 11.3 Å².